The van der Waals surface area contributed by atoms with Crippen LogP contribution in [-0.4, -0.2) is 54.7 Å². The Morgan fingerprint density at radius 3 is 2.70 bits per heavy atom. The molecule has 0 unspecified atom stereocenters. The number of aromatic nitrogens is 1. The first-order valence-electron chi connectivity index (χ1n) is 9.06. The second-order valence-electron chi connectivity index (χ2n) is 6.33. The molecule has 0 aliphatic carbocycles. The molecule has 0 bridgehead atoms. The van der Waals surface area contributed by atoms with E-state index in [0.29, 0.717) is 50.5 Å². The van der Waals surface area contributed by atoms with E-state index < -0.39 is 0 Å². The summed E-state index contributed by atoms with van der Waals surface area (Å²) in [5.74, 6) is -0.0324. The number of carbonyl (C=O) groups is 2. The van der Waals surface area contributed by atoms with Crippen LogP contribution >= 0.6 is 0 Å². The van der Waals surface area contributed by atoms with Crippen molar-refractivity contribution in [1.82, 2.24) is 15.2 Å². The Balaban J connectivity index is 1.58. The molecule has 7 nitrogen and oxygen atoms in total. The summed E-state index contributed by atoms with van der Waals surface area (Å²) in [6.07, 6.45) is 2.39. The predicted octanol–water partition coefficient (Wildman–Crippen LogP) is 2.23. The Morgan fingerprint density at radius 1 is 1.15 bits per heavy atom. The number of nitrogens with zero attached hydrogens (tertiary/aromatic N) is 2. The highest BCUT2D eigenvalue weighted by Gasteiger charge is 2.21. The van der Waals surface area contributed by atoms with Gasteiger partial charge in [0.05, 0.1) is 13.2 Å². The molecule has 3 amide bonds. The minimum Gasteiger partial charge on any atom is -0.378 e. The van der Waals surface area contributed by atoms with E-state index in [-0.39, 0.29) is 11.9 Å². The van der Waals surface area contributed by atoms with Crippen LogP contribution in [0.15, 0.2) is 42.6 Å². The van der Waals surface area contributed by atoms with Gasteiger partial charge in [0.15, 0.2) is 0 Å². The number of rotatable bonds is 5. The largest absolute Gasteiger partial charge is 0.378 e. The van der Waals surface area contributed by atoms with Crippen molar-refractivity contribution in [2.24, 2.45) is 0 Å². The van der Waals surface area contributed by atoms with Gasteiger partial charge in [-0.3, -0.25) is 9.78 Å². The SMILES string of the molecule is Cc1c(NC(=O)NCCc2ccccn2)cccc1C(=O)N1CCOCC1. The molecule has 2 N–H and O–H groups in total. The van der Waals surface area contributed by atoms with E-state index >= 15 is 0 Å². The topological polar surface area (TPSA) is 83.6 Å². The third-order valence-electron chi connectivity index (χ3n) is 4.50. The molecule has 0 spiro atoms. The van der Waals surface area contributed by atoms with Crippen molar-refractivity contribution in [2.45, 2.75) is 13.3 Å². The summed E-state index contributed by atoms with van der Waals surface area (Å²) in [7, 11) is 0. The van der Waals surface area contributed by atoms with Gasteiger partial charge < -0.3 is 20.3 Å². The first-order chi connectivity index (χ1) is 13.1. The maximum absolute atomic E-state index is 12.7. The number of amides is 3. The average Bonchev–Trinajstić information content (AvgIpc) is 2.70. The van der Waals surface area contributed by atoms with E-state index in [0.717, 1.165) is 11.3 Å². The molecular formula is C20H24N4O3. The van der Waals surface area contributed by atoms with Gasteiger partial charge in [-0.1, -0.05) is 12.1 Å². The zero-order valence-corrected chi connectivity index (χ0v) is 15.4. The number of anilines is 1. The van der Waals surface area contributed by atoms with Crippen molar-refractivity contribution in [3.63, 3.8) is 0 Å². The Morgan fingerprint density at radius 2 is 1.96 bits per heavy atom. The summed E-state index contributed by atoms with van der Waals surface area (Å²) in [5, 5.41) is 5.65. The highest BCUT2D eigenvalue weighted by molar-refractivity contribution is 5.99. The van der Waals surface area contributed by atoms with Crippen LogP contribution in [0.4, 0.5) is 10.5 Å². The second-order valence-corrected chi connectivity index (χ2v) is 6.33. The van der Waals surface area contributed by atoms with Crippen molar-refractivity contribution in [3.8, 4) is 0 Å². The van der Waals surface area contributed by atoms with E-state index in [1.54, 1.807) is 29.3 Å². The van der Waals surface area contributed by atoms with Crippen molar-refractivity contribution in [2.75, 3.05) is 38.2 Å². The Labute approximate surface area is 158 Å². The minimum atomic E-state index is -0.301. The van der Waals surface area contributed by atoms with Gasteiger partial charge in [0.25, 0.3) is 5.91 Å². The second kappa shape index (κ2) is 9.14. The lowest BCUT2D eigenvalue weighted by atomic mass is 10.1. The molecule has 142 valence electrons. The molecule has 1 aliphatic heterocycles. The molecule has 1 fully saturated rings. The Bertz CT molecular complexity index is 789. The van der Waals surface area contributed by atoms with Gasteiger partial charge in [-0.25, -0.2) is 4.79 Å². The molecule has 3 rings (SSSR count). The maximum Gasteiger partial charge on any atom is 0.319 e. The molecule has 2 heterocycles. The average molecular weight is 368 g/mol. The smallest absolute Gasteiger partial charge is 0.319 e. The highest BCUT2D eigenvalue weighted by Crippen LogP contribution is 2.21. The van der Waals surface area contributed by atoms with Gasteiger partial charge >= 0.3 is 6.03 Å². The van der Waals surface area contributed by atoms with Gasteiger partial charge in [-0.15, -0.1) is 0 Å². The number of hydrogen-bond donors (Lipinski definition) is 2. The minimum absolute atomic E-state index is 0.0324. The van der Waals surface area contributed by atoms with Crippen LogP contribution in [0.2, 0.25) is 0 Å². The van der Waals surface area contributed by atoms with Crippen LogP contribution in [0.3, 0.4) is 0 Å². The van der Waals surface area contributed by atoms with Crippen LogP contribution in [0, 0.1) is 6.92 Å². The molecule has 0 saturated carbocycles. The van der Waals surface area contributed by atoms with Gasteiger partial charge in [0.2, 0.25) is 0 Å². The fourth-order valence-electron chi connectivity index (χ4n) is 2.96. The van der Waals surface area contributed by atoms with Crippen LogP contribution in [-0.2, 0) is 11.2 Å². The highest BCUT2D eigenvalue weighted by atomic mass is 16.5. The van der Waals surface area contributed by atoms with Gasteiger partial charge in [-0.05, 0) is 36.8 Å². The number of urea groups is 1. The lowest BCUT2D eigenvalue weighted by Crippen LogP contribution is -2.41. The van der Waals surface area contributed by atoms with E-state index in [2.05, 4.69) is 15.6 Å². The zero-order chi connectivity index (χ0) is 19.1. The summed E-state index contributed by atoms with van der Waals surface area (Å²) in [5.41, 5.74) is 2.91. The lowest BCUT2D eigenvalue weighted by molar-refractivity contribution is 0.0302. The van der Waals surface area contributed by atoms with E-state index in [1.165, 1.54) is 0 Å². The normalized spacial score (nSPS) is 13.9. The number of benzene rings is 1. The number of ether oxygens (including phenoxy) is 1. The number of pyridine rings is 1. The molecule has 0 radical (unpaired) electrons. The van der Waals surface area contributed by atoms with Crippen LogP contribution in [0.1, 0.15) is 21.6 Å². The lowest BCUT2D eigenvalue weighted by Gasteiger charge is -2.27. The molecule has 1 aromatic carbocycles. The van der Waals surface area contributed by atoms with Crippen molar-refractivity contribution >= 4 is 17.6 Å². The first kappa shape index (κ1) is 18.8. The quantitative estimate of drug-likeness (QED) is 0.848. The van der Waals surface area contributed by atoms with Gasteiger partial charge in [0, 0.05) is 49.2 Å². The Kier molecular flexibility index (Phi) is 6.38. The van der Waals surface area contributed by atoms with E-state index in [1.807, 2.05) is 25.1 Å². The third kappa shape index (κ3) is 5.04. The monoisotopic (exact) mass is 368 g/mol. The standard InChI is InChI=1S/C20H24N4O3/c1-15-17(19(25)24-11-13-27-14-12-24)6-4-7-18(15)23-20(26)22-10-8-16-5-2-3-9-21-16/h2-7,9H,8,10-14H2,1H3,(H2,22,23,26). The van der Waals surface area contributed by atoms with Gasteiger partial charge in [0.1, 0.15) is 0 Å². The fraction of sp³-hybridized carbons (Fsp3) is 0.350. The maximum atomic E-state index is 12.7. The Hall–Kier alpha value is -2.93. The molecule has 0 atom stereocenters. The molecule has 27 heavy (non-hydrogen) atoms. The third-order valence-corrected chi connectivity index (χ3v) is 4.50. The zero-order valence-electron chi connectivity index (χ0n) is 15.4. The number of nitrogens with one attached hydrogen (secondary N) is 2. The fourth-order valence-corrected chi connectivity index (χ4v) is 2.96. The van der Waals surface area contributed by atoms with Gasteiger partial charge in [-0.2, -0.15) is 0 Å². The first-order valence-corrected chi connectivity index (χ1v) is 9.06. The van der Waals surface area contributed by atoms with Crippen molar-refractivity contribution in [1.29, 1.82) is 0 Å². The summed E-state index contributed by atoms with van der Waals surface area (Å²) in [6.45, 7) is 4.61. The van der Waals surface area contributed by atoms with Crippen LogP contribution < -0.4 is 10.6 Å². The summed E-state index contributed by atoms with van der Waals surface area (Å²) < 4.78 is 5.30. The summed E-state index contributed by atoms with van der Waals surface area (Å²) in [4.78, 5) is 30.9. The summed E-state index contributed by atoms with van der Waals surface area (Å²) in [6, 6.07) is 10.8. The number of morpholine rings is 1. The van der Waals surface area contributed by atoms with E-state index in [4.69, 9.17) is 4.74 Å². The molecule has 2 aromatic rings. The molecule has 7 heteroatoms. The van der Waals surface area contributed by atoms with E-state index in [9.17, 15) is 9.59 Å². The van der Waals surface area contributed by atoms with Crippen LogP contribution in [0.5, 0.6) is 0 Å². The molecule has 1 saturated heterocycles. The molecule has 1 aliphatic rings. The molecule has 1 aromatic heterocycles. The predicted molar refractivity (Wildman–Crippen MR) is 103 cm³/mol. The summed E-state index contributed by atoms with van der Waals surface area (Å²) >= 11 is 0. The van der Waals surface area contributed by atoms with Crippen molar-refractivity contribution in [3.05, 3.63) is 59.4 Å². The van der Waals surface area contributed by atoms with Crippen LogP contribution in [0.25, 0.3) is 0 Å². The number of carbonyl (C=O) groups excluding carboxylic acids is 2. The number of hydrogen-bond acceptors (Lipinski definition) is 4. The van der Waals surface area contributed by atoms with Crippen molar-refractivity contribution < 1.29 is 14.3 Å². The molecular weight excluding hydrogens is 344 g/mol.